The minimum atomic E-state index is -0.951. The van der Waals surface area contributed by atoms with Gasteiger partial charge in [-0.05, 0) is 36.8 Å². The first kappa shape index (κ1) is 14.1. The van der Waals surface area contributed by atoms with Crippen molar-refractivity contribution in [1.29, 1.82) is 0 Å². The quantitative estimate of drug-likeness (QED) is 0.752. The summed E-state index contributed by atoms with van der Waals surface area (Å²) in [5.41, 5.74) is 2.58. The number of aromatic nitrogens is 2. The van der Waals surface area contributed by atoms with Crippen LogP contribution in [0.3, 0.4) is 0 Å². The SMILES string of the molecule is CCCOc1cccc(-c2nc3ccc(C(=O)O)cc3[nH]2)c1. The van der Waals surface area contributed by atoms with Crippen molar-refractivity contribution in [3.05, 3.63) is 48.0 Å². The Morgan fingerprint density at radius 3 is 2.91 bits per heavy atom. The molecule has 0 aliphatic rings. The minimum absolute atomic E-state index is 0.239. The number of carbonyl (C=O) groups is 1. The Labute approximate surface area is 127 Å². The van der Waals surface area contributed by atoms with Gasteiger partial charge in [0.2, 0.25) is 0 Å². The average Bonchev–Trinajstić information content (AvgIpc) is 2.96. The van der Waals surface area contributed by atoms with E-state index in [2.05, 4.69) is 16.9 Å². The molecule has 0 bridgehead atoms. The highest BCUT2D eigenvalue weighted by Gasteiger charge is 2.09. The number of aromatic carboxylic acids is 1. The Morgan fingerprint density at radius 2 is 2.14 bits per heavy atom. The lowest BCUT2D eigenvalue weighted by atomic mass is 10.2. The van der Waals surface area contributed by atoms with Gasteiger partial charge in [-0.25, -0.2) is 9.78 Å². The molecule has 0 radical (unpaired) electrons. The monoisotopic (exact) mass is 296 g/mol. The maximum atomic E-state index is 11.0. The van der Waals surface area contributed by atoms with Gasteiger partial charge in [-0.3, -0.25) is 0 Å². The summed E-state index contributed by atoms with van der Waals surface area (Å²) in [5.74, 6) is 0.540. The highest BCUT2D eigenvalue weighted by Crippen LogP contribution is 2.24. The zero-order valence-electron chi connectivity index (χ0n) is 12.2. The van der Waals surface area contributed by atoms with Crippen molar-refractivity contribution in [2.75, 3.05) is 6.61 Å². The zero-order valence-corrected chi connectivity index (χ0v) is 12.2. The Morgan fingerprint density at radius 1 is 1.27 bits per heavy atom. The van der Waals surface area contributed by atoms with Crippen molar-refractivity contribution in [1.82, 2.24) is 9.97 Å². The van der Waals surface area contributed by atoms with Crippen molar-refractivity contribution >= 4 is 17.0 Å². The van der Waals surface area contributed by atoms with Gasteiger partial charge in [0.05, 0.1) is 23.2 Å². The molecule has 1 heterocycles. The largest absolute Gasteiger partial charge is 0.494 e. The van der Waals surface area contributed by atoms with Crippen LogP contribution in [-0.2, 0) is 0 Å². The Kier molecular flexibility index (Phi) is 3.78. The molecule has 3 rings (SSSR count). The third-order valence-corrected chi connectivity index (χ3v) is 3.31. The second-order valence-corrected chi connectivity index (χ2v) is 5.00. The third-order valence-electron chi connectivity index (χ3n) is 3.31. The second kappa shape index (κ2) is 5.89. The molecule has 0 fully saturated rings. The molecular weight excluding hydrogens is 280 g/mol. The van der Waals surface area contributed by atoms with Gasteiger partial charge in [0.25, 0.3) is 0 Å². The van der Waals surface area contributed by atoms with E-state index < -0.39 is 5.97 Å². The highest BCUT2D eigenvalue weighted by atomic mass is 16.5. The van der Waals surface area contributed by atoms with E-state index in [9.17, 15) is 4.79 Å². The maximum absolute atomic E-state index is 11.0. The van der Waals surface area contributed by atoms with Crippen molar-refractivity contribution in [2.24, 2.45) is 0 Å². The lowest BCUT2D eigenvalue weighted by Gasteiger charge is -2.05. The normalized spacial score (nSPS) is 10.8. The van der Waals surface area contributed by atoms with E-state index in [0.717, 1.165) is 23.3 Å². The summed E-state index contributed by atoms with van der Waals surface area (Å²) in [4.78, 5) is 18.7. The molecule has 0 saturated carbocycles. The summed E-state index contributed by atoms with van der Waals surface area (Å²) in [6, 6.07) is 12.5. The van der Waals surface area contributed by atoms with Crippen molar-refractivity contribution in [3.63, 3.8) is 0 Å². The van der Waals surface area contributed by atoms with Gasteiger partial charge < -0.3 is 14.8 Å². The van der Waals surface area contributed by atoms with Crippen molar-refractivity contribution in [3.8, 4) is 17.1 Å². The smallest absolute Gasteiger partial charge is 0.335 e. The molecule has 0 aliphatic heterocycles. The van der Waals surface area contributed by atoms with Gasteiger partial charge in [-0.15, -0.1) is 0 Å². The van der Waals surface area contributed by atoms with E-state index in [1.54, 1.807) is 18.2 Å². The molecule has 0 saturated heterocycles. The second-order valence-electron chi connectivity index (χ2n) is 5.00. The Balaban J connectivity index is 1.97. The number of nitrogens with one attached hydrogen (secondary N) is 1. The average molecular weight is 296 g/mol. The number of H-pyrrole nitrogens is 1. The first-order valence-electron chi connectivity index (χ1n) is 7.13. The zero-order chi connectivity index (χ0) is 15.5. The predicted octanol–water partition coefficient (Wildman–Crippen LogP) is 3.72. The van der Waals surface area contributed by atoms with Gasteiger partial charge in [0.1, 0.15) is 11.6 Å². The fraction of sp³-hybridized carbons (Fsp3) is 0.176. The van der Waals surface area contributed by atoms with Crippen LogP contribution in [0.25, 0.3) is 22.4 Å². The number of nitrogens with zero attached hydrogens (tertiary/aromatic N) is 1. The van der Waals surface area contributed by atoms with Crippen LogP contribution in [-0.4, -0.2) is 27.7 Å². The summed E-state index contributed by atoms with van der Waals surface area (Å²) < 4.78 is 5.62. The first-order valence-corrected chi connectivity index (χ1v) is 7.13. The topological polar surface area (TPSA) is 75.2 Å². The highest BCUT2D eigenvalue weighted by molar-refractivity contribution is 5.93. The standard InChI is InChI=1S/C17H16N2O3/c1-2-8-22-13-5-3-4-11(9-13)16-18-14-7-6-12(17(20)21)10-15(14)19-16/h3-7,9-10H,2,8H2,1H3,(H,18,19)(H,20,21). The molecule has 5 heteroatoms. The Bertz CT molecular complexity index is 824. The van der Waals surface area contributed by atoms with E-state index in [4.69, 9.17) is 9.84 Å². The van der Waals surface area contributed by atoms with E-state index in [-0.39, 0.29) is 5.56 Å². The maximum Gasteiger partial charge on any atom is 0.335 e. The van der Waals surface area contributed by atoms with Crippen LogP contribution in [0.15, 0.2) is 42.5 Å². The van der Waals surface area contributed by atoms with Gasteiger partial charge >= 0.3 is 5.97 Å². The molecule has 3 aromatic rings. The molecule has 0 amide bonds. The number of fused-ring (bicyclic) bond motifs is 1. The van der Waals surface area contributed by atoms with Crippen LogP contribution in [0.1, 0.15) is 23.7 Å². The fourth-order valence-corrected chi connectivity index (χ4v) is 2.23. The summed E-state index contributed by atoms with van der Waals surface area (Å²) >= 11 is 0. The van der Waals surface area contributed by atoms with Crippen LogP contribution in [0.2, 0.25) is 0 Å². The van der Waals surface area contributed by atoms with Crippen LogP contribution in [0, 0.1) is 0 Å². The summed E-state index contributed by atoms with van der Waals surface area (Å²) in [5, 5.41) is 9.04. The molecular formula is C17H16N2O3. The van der Waals surface area contributed by atoms with Gasteiger partial charge in [-0.1, -0.05) is 19.1 Å². The van der Waals surface area contributed by atoms with Crippen LogP contribution in [0.5, 0.6) is 5.75 Å². The number of aromatic amines is 1. The molecule has 0 spiro atoms. The number of carboxylic acid groups (broad SMARTS) is 1. The van der Waals surface area contributed by atoms with Gasteiger partial charge in [0, 0.05) is 5.56 Å². The van der Waals surface area contributed by atoms with E-state index in [0.29, 0.717) is 17.9 Å². The molecule has 112 valence electrons. The van der Waals surface area contributed by atoms with Gasteiger partial charge in [-0.2, -0.15) is 0 Å². The number of carboxylic acids is 1. The third kappa shape index (κ3) is 2.79. The fourth-order valence-electron chi connectivity index (χ4n) is 2.23. The Hall–Kier alpha value is -2.82. The number of ether oxygens (including phenoxy) is 1. The molecule has 0 atom stereocenters. The van der Waals surface area contributed by atoms with E-state index in [1.165, 1.54) is 0 Å². The molecule has 0 unspecified atom stereocenters. The van der Waals surface area contributed by atoms with Crippen LogP contribution in [0.4, 0.5) is 0 Å². The molecule has 22 heavy (non-hydrogen) atoms. The van der Waals surface area contributed by atoms with Gasteiger partial charge in [0.15, 0.2) is 0 Å². The number of imidazole rings is 1. The number of hydrogen-bond acceptors (Lipinski definition) is 3. The lowest BCUT2D eigenvalue weighted by Crippen LogP contribution is -1.95. The minimum Gasteiger partial charge on any atom is -0.494 e. The van der Waals surface area contributed by atoms with Crippen molar-refractivity contribution < 1.29 is 14.6 Å². The molecule has 2 aromatic carbocycles. The predicted molar refractivity (Wildman–Crippen MR) is 84.3 cm³/mol. The number of rotatable bonds is 5. The van der Waals surface area contributed by atoms with Crippen LogP contribution >= 0.6 is 0 Å². The molecule has 0 aliphatic carbocycles. The van der Waals surface area contributed by atoms with E-state index >= 15 is 0 Å². The first-order chi connectivity index (χ1) is 10.7. The summed E-state index contributed by atoms with van der Waals surface area (Å²) in [6.07, 6.45) is 0.951. The lowest BCUT2D eigenvalue weighted by molar-refractivity contribution is 0.0697. The molecule has 2 N–H and O–H groups in total. The van der Waals surface area contributed by atoms with Crippen LogP contribution < -0.4 is 4.74 Å². The molecule has 5 nitrogen and oxygen atoms in total. The summed E-state index contributed by atoms with van der Waals surface area (Å²) in [7, 11) is 0. The number of hydrogen-bond donors (Lipinski definition) is 2. The summed E-state index contributed by atoms with van der Waals surface area (Å²) in [6.45, 7) is 2.73. The number of benzene rings is 2. The van der Waals surface area contributed by atoms with E-state index in [1.807, 2.05) is 24.3 Å². The van der Waals surface area contributed by atoms with Crippen molar-refractivity contribution in [2.45, 2.75) is 13.3 Å². The molecule has 1 aromatic heterocycles.